The van der Waals surface area contributed by atoms with E-state index in [0.29, 0.717) is 12.0 Å². The maximum atomic E-state index is 12.8. The van der Waals surface area contributed by atoms with E-state index in [9.17, 15) is 17.6 Å². The van der Waals surface area contributed by atoms with Crippen molar-refractivity contribution in [2.75, 3.05) is 5.32 Å². The lowest BCUT2D eigenvalue weighted by molar-refractivity contribution is -0.115. The molecule has 0 radical (unpaired) electrons. The molecule has 1 aliphatic rings. The molecule has 0 saturated heterocycles. The fraction of sp³-hybridized carbons (Fsp3) is 0.188. The second-order valence-electron chi connectivity index (χ2n) is 5.42. The van der Waals surface area contributed by atoms with Crippen LogP contribution in [0.1, 0.15) is 16.7 Å². The number of hydrogen-bond donors (Lipinski definition) is 2. The van der Waals surface area contributed by atoms with E-state index in [-0.39, 0.29) is 18.2 Å². The van der Waals surface area contributed by atoms with Crippen molar-refractivity contribution in [2.24, 2.45) is 0 Å². The number of carbonyl (C=O) groups excluding carboxylic acids is 1. The molecule has 3 rings (SSSR count). The van der Waals surface area contributed by atoms with Crippen LogP contribution in [0.3, 0.4) is 0 Å². The Kier molecular flexibility index (Phi) is 4.14. The molecule has 0 aromatic heterocycles. The number of amides is 1. The van der Waals surface area contributed by atoms with Gasteiger partial charge < -0.3 is 5.32 Å². The highest BCUT2D eigenvalue weighted by Gasteiger charge is 2.18. The molecule has 0 atom stereocenters. The van der Waals surface area contributed by atoms with Crippen molar-refractivity contribution in [1.82, 2.24) is 4.72 Å². The zero-order valence-electron chi connectivity index (χ0n) is 12.2. The Morgan fingerprint density at radius 3 is 2.52 bits per heavy atom. The zero-order valence-corrected chi connectivity index (χ0v) is 13.0. The number of fused-ring (bicyclic) bond motifs is 1. The normalized spacial score (nSPS) is 13.7. The Bertz CT molecular complexity index is 848. The molecular weight excluding hydrogens is 319 g/mol. The Morgan fingerprint density at radius 2 is 1.78 bits per heavy atom. The SMILES string of the molecule is O=C1Cc2cc(CNS(=O)(=O)Cc3ccc(F)cc3)ccc2N1. The standard InChI is InChI=1S/C16H15FN2O3S/c17-14-4-1-11(2-5-14)10-23(21,22)18-9-12-3-6-15-13(7-12)8-16(20)19-15/h1-7,18H,8-10H2,(H,19,20). The molecule has 5 nitrogen and oxygen atoms in total. The fourth-order valence-corrected chi connectivity index (χ4v) is 3.56. The van der Waals surface area contributed by atoms with E-state index in [2.05, 4.69) is 10.0 Å². The van der Waals surface area contributed by atoms with Crippen LogP contribution in [0.2, 0.25) is 0 Å². The summed E-state index contributed by atoms with van der Waals surface area (Å²) in [4.78, 5) is 11.3. The first kappa shape index (κ1) is 15.6. The fourth-order valence-electron chi connectivity index (χ4n) is 2.44. The third-order valence-electron chi connectivity index (χ3n) is 3.56. The van der Waals surface area contributed by atoms with Gasteiger partial charge in [0.15, 0.2) is 0 Å². The van der Waals surface area contributed by atoms with Crippen LogP contribution in [-0.4, -0.2) is 14.3 Å². The van der Waals surface area contributed by atoms with E-state index in [1.165, 1.54) is 24.3 Å². The van der Waals surface area contributed by atoms with Gasteiger partial charge in [-0.05, 0) is 34.9 Å². The van der Waals surface area contributed by atoms with E-state index in [4.69, 9.17) is 0 Å². The minimum absolute atomic E-state index is 0.0611. The third-order valence-corrected chi connectivity index (χ3v) is 4.86. The molecule has 7 heteroatoms. The minimum atomic E-state index is -3.53. The minimum Gasteiger partial charge on any atom is -0.326 e. The van der Waals surface area contributed by atoms with Gasteiger partial charge in [0.05, 0.1) is 12.2 Å². The summed E-state index contributed by atoms with van der Waals surface area (Å²) < 4.78 is 39.5. The number of anilines is 1. The molecular formula is C16H15FN2O3S. The maximum Gasteiger partial charge on any atom is 0.228 e. The van der Waals surface area contributed by atoms with Crippen LogP contribution in [0, 0.1) is 5.82 Å². The van der Waals surface area contributed by atoms with Gasteiger partial charge in [-0.1, -0.05) is 24.3 Å². The van der Waals surface area contributed by atoms with Crippen molar-refractivity contribution < 1.29 is 17.6 Å². The molecule has 0 aliphatic carbocycles. The average Bonchev–Trinajstić information content (AvgIpc) is 2.87. The number of nitrogens with one attached hydrogen (secondary N) is 2. The Balaban J connectivity index is 1.64. The quantitative estimate of drug-likeness (QED) is 0.877. The van der Waals surface area contributed by atoms with Crippen LogP contribution in [-0.2, 0) is 33.5 Å². The van der Waals surface area contributed by atoms with Gasteiger partial charge in [0, 0.05) is 12.2 Å². The molecule has 2 aromatic rings. The lowest BCUT2D eigenvalue weighted by Gasteiger charge is -2.08. The Morgan fingerprint density at radius 1 is 1.09 bits per heavy atom. The molecule has 0 unspecified atom stereocenters. The zero-order chi connectivity index (χ0) is 16.4. The van der Waals surface area contributed by atoms with Crippen LogP contribution in [0.15, 0.2) is 42.5 Å². The predicted molar refractivity (Wildman–Crippen MR) is 84.6 cm³/mol. The summed E-state index contributed by atoms with van der Waals surface area (Å²) in [6.07, 6.45) is 0.311. The second kappa shape index (κ2) is 6.10. The summed E-state index contributed by atoms with van der Waals surface area (Å²) in [5, 5.41) is 2.73. The number of carbonyl (C=O) groups is 1. The monoisotopic (exact) mass is 334 g/mol. The molecule has 2 aromatic carbocycles. The number of rotatable bonds is 5. The molecule has 0 spiro atoms. The van der Waals surface area contributed by atoms with E-state index in [1.54, 1.807) is 12.1 Å². The Hall–Kier alpha value is -2.25. The lowest BCUT2D eigenvalue weighted by atomic mass is 10.1. The van der Waals surface area contributed by atoms with Gasteiger partial charge in [-0.2, -0.15) is 0 Å². The summed E-state index contributed by atoms with van der Waals surface area (Å²) in [6.45, 7) is 0.144. The van der Waals surface area contributed by atoms with E-state index < -0.39 is 15.8 Å². The number of halogens is 1. The van der Waals surface area contributed by atoms with Crippen molar-refractivity contribution >= 4 is 21.6 Å². The molecule has 1 heterocycles. The maximum absolute atomic E-state index is 12.8. The van der Waals surface area contributed by atoms with Gasteiger partial charge in [-0.25, -0.2) is 17.5 Å². The molecule has 23 heavy (non-hydrogen) atoms. The van der Waals surface area contributed by atoms with Gasteiger partial charge in [-0.15, -0.1) is 0 Å². The summed E-state index contributed by atoms with van der Waals surface area (Å²) in [5.74, 6) is -0.674. The van der Waals surface area contributed by atoms with Crippen molar-refractivity contribution in [1.29, 1.82) is 0 Å². The average molecular weight is 334 g/mol. The van der Waals surface area contributed by atoms with Gasteiger partial charge in [0.2, 0.25) is 15.9 Å². The van der Waals surface area contributed by atoms with Crippen molar-refractivity contribution in [3.63, 3.8) is 0 Å². The van der Waals surface area contributed by atoms with Gasteiger partial charge in [0.1, 0.15) is 5.82 Å². The first-order valence-corrected chi connectivity index (χ1v) is 8.70. The number of sulfonamides is 1. The molecule has 120 valence electrons. The van der Waals surface area contributed by atoms with E-state index in [1.807, 2.05) is 6.07 Å². The van der Waals surface area contributed by atoms with Crippen molar-refractivity contribution in [3.8, 4) is 0 Å². The molecule has 0 saturated carbocycles. The third kappa shape index (κ3) is 3.94. The topological polar surface area (TPSA) is 75.3 Å². The molecule has 1 aliphatic heterocycles. The van der Waals surface area contributed by atoms with Crippen LogP contribution in [0.25, 0.3) is 0 Å². The lowest BCUT2D eigenvalue weighted by Crippen LogP contribution is -2.24. The molecule has 0 bridgehead atoms. The summed E-state index contributed by atoms with van der Waals surface area (Å²) >= 11 is 0. The van der Waals surface area contributed by atoms with Gasteiger partial charge in [-0.3, -0.25) is 4.79 Å². The summed E-state index contributed by atoms with van der Waals surface area (Å²) in [5.41, 5.74) is 2.93. The highest BCUT2D eigenvalue weighted by atomic mass is 32.2. The molecule has 1 amide bonds. The molecule has 2 N–H and O–H groups in total. The highest BCUT2D eigenvalue weighted by Crippen LogP contribution is 2.23. The van der Waals surface area contributed by atoms with Gasteiger partial charge in [0.25, 0.3) is 0 Å². The predicted octanol–water partition coefficient (Wildman–Crippen LogP) is 1.94. The summed E-state index contributed by atoms with van der Waals surface area (Å²) in [6, 6.07) is 10.7. The largest absolute Gasteiger partial charge is 0.326 e. The highest BCUT2D eigenvalue weighted by molar-refractivity contribution is 7.88. The second-order valence-corrected chi connectivity index (χ2v) is 7.23. The Labute approximate surface area is 133 Å². The van der Waals surface area contributed by atoms with Crippen LogP contribution in [0.4, 0.5) is 10.1 Å². The van der Waals surface area contributed by atoms with Gasteiger partial charge >= 0.3 is 0 Å². The molecule has 0 fully saturated rings. The van der Waals surface area contributed by atoms with Crippen LogP contribution in [0.5, 0.6) is 0 Å². The first-order valence-electron chi connectivity index (χ1n) is 7.05. The first-order chi connectivity index (χ1) is 10.9. The van der Waals surface area contributed by atoms with Crippen LogP contribution >= 0.6 is 0 Å². The van der Waals surface area contributed by atoms with Crippen LogP contribution < -0.4 is 10.0 Å². The number of hydrogen-bond acceptors (Lipinski definition) is 3. The summed E-state index contributed by atoms with van der Waals surface area (Å²) in [7, 11) is -3.53. The van der Waals surface area contributed by atoms with E-state index >= 15 is 0 Å². The van der Waals surface area contributed by atoms with E-state index in [0.717, 1.165) is 16.8 Å². The smallest absolute Gasteiger partial charge is 0.228 e. The number of benzene rings is 2. The van der Waals surface area contributed by atoms with Crippen molar-refractivity contribution in [3.05, 3.63) is 65.0 Å². The van der Waals surface area contributed by atoms with Crippen molar-refractivity contribution in [2.45, 2.75) is 18.7 Å².